The number of ether oxygens (including phenoxy) is 5. The number of aryl methyl sites for hydroxylation is 1. The number of cyclic esters (lactones) is 1. The van der Waals surface area contributed by atoms with Gasteiger partial charge in [-0.15, -0.1) is 0 Å². The summed E-state index contributed by atoms with van der Waals surface area (Å²) < 4.78 is 31.3. The van der Waals surface area contributed by atoms with E-state index in [0.717, 1.165) is 12.0 Å². The van der Waals surface area contributed by atoms with E-state index in [2.05, 4.69) is 5.43 Å². The van der Waals surface area contributed by atoms with Crippen LogP contribution in [0.1, 0.15) is 86.6 Å². The number of aliphatic hydroxyl groups is 1. The van der Waals surface area contributed by atoms with Gasteiger partial charge in [0.1, 0.15) is 24.0 Å². The molecule has 1 aromatic rings. The smallest absolute Gasteiger partial charge is 0.425 e. The summed E-state index contributed by atoms with van der Waals surface area (Å²) in [5.74, 6) is -2.43. The highest BCUT2D eigenvalue weighted by Gasteiger charge is 2.60. The summed E-state index contributed by atoms with van der Waals surface area (Å²) in [6.07, 6.45) is 0.0263. The Hall–Kier alpha value is -3.07. The first-order valence-electron chi connectivity index (χ1n) is 19.1. The number of anilines is 1. The molecule has 0 aliphatic carbocycles. The minimum atomic E-state index is -1.35. The van der Waals surface area contributed by atoms with E-state index in [1.165, 1.54) is 5.01 Å². The lowest BCUT2D eigenvalue weighted by Gasteiger charge is -2.46. The summed E-state index contributed by atoms with van der Waals surface area (Å²) in [5.41, 5.74) is 8.88. The molecule has 3 heterocycles. The molecular weight excluding hydrogens is 680 g/mol. The number of nitrogens with zero attached hydrogens (tertiary/aromatic N) is 2. The average Bonchev–Trinajstić information content (AvgIpc) is 3.36. The van der Waals surface area contributed by atoms with Crippen LogP contribution in [0.3, 0.4) is 0 Å². The van der Waals surface area contributed by atoms with Gasteiger partial charge in [-0.25, -0.2) is 20.0 Å². The average molecular weight is 745 g/mol. The van der Waals surface area contributed by atoms with Crippen LogP contribution in [0.4, 0.5) is 10.5 Å². The molecule has 0 spiro atoms. The third-order valence-corrected chi connectivity index (χ3v) is 11.6. The fourth-order valence-electron chi connectivity index (χ4n) is 8.68. The largest absolute Gasteiger partial charge is 0.455 e. The van der Waals surface area contributed by atoms with E-state index >= 15 is 0 Å². The van der Waals surface area contributed by atoms with Gasteiger partial charge in [0.2, 0.25) is 0 Å². The Morgan fingerprint density at radius 2 is 1.83 bits per heavy atom. The van der Waals surface area contributed by atoms with E-state index in [1.807, 2.05) is 77.9 Å². The number of aliphatic hydroxyl groups excluding tert-OH is 1. The van der Waals surface area contributed by atoms with Crippen LogP contribution in [-0.4, -0.2) is 115 Å². The predicted octanol–water partition coefficient (Wildman–Crippen LogP) is 4.65. The number of nitrogens with two attached hydrogens (primary N) is 1. The van der Waals surface area contributed by atoms with Crippen LogP contribution < -0.4 is 11.2 Å². The SMILES string of the molecule is CC[C@H]1OC(=O)/C(C)=C/[C@H](C)[C@@H](O[C@@H]2O[C@H](C)C[C@H](N(C)C)[C@H]2O)[C@@](C)(OC)C[C@@H](C)C(=O)[C@H](C)[C@H]2N(NCCCc3cccc(N)c3)C(=O)O[C@]12C. The lowest BCUT2D eigenvalue weighted by Crippen LogP contribution is -2.60. The van der Waals surface area contributed by atoms with Gasteiger partial charge in [0.15, 0.2) is 11.9 Å². The van der Waals surface area contributed by atoms with Crippen LogP contribution in [0.2, 0.25) is 0 Å². The van der Waals surface area contributed by atoms with Crippen molar-refractivity contribution in [1.29, 1.82) is 0 Å². The first kappa shape index (κ1) is 42.7. The molecule has 298 valence electrons. The van der Waals surface area contributed by atoms with Gasteiger partial charge >= 0.3 is 12.1 Å². The van der Waals surface area contributed by atoms with Crippen molar-refractivity contribution < 1.29 is 43.2 Å². The Kier molecular flexibility index (Phi) is 14.2. The highest BCUT2D eigenvalue weighted by atomic mass is 16.7. The molecule has 4 rings (SSSR count). The van der Waals surface area contributed by atoms with Crippen LogP contribution in [0, 0.1) is 17.8 Å². The summed E-state index contributed by atoms with van der Waals surface area (Å²) in [6.45, 7) is 15.1. The van der Waals surface area contributed by atoms with Crippen molar-refractivity contribution >= 4 is 23.5 Å². The number of carbonyl (C=O) groups is 3. The molecule has 2 saturated heterocycles. The van der Waals surface area contributed by atoms with Gasteiger partial charge in [-0.3, -0.25) is 4.79 Å². The summed E-state index contributed by atoms with van der Waals surface area (Å²) in [4.78, 5) is 44.0. The number of amides is 1. The zero-order chi connectivity index (χ0) is 39.4. The Balaban J connectivity index is 1.70. The fraction of sp³-hybridized carbons (Fsp3) is 0.725. The van der Waals surface area contributed by atoms with E-state index in [-0.39, 0.29) is 24.3 Å². The van der Waals surface area contributed by atoms with Gasteiger partial charge in [0.05, 0.1) is 17.8 Å². The molecular formula is C40H64N4O9. The molecule has 53 heavy (non-hydrogen) atoms. The number of hydrogen-bond donors (Lipinski definition) is 3. The van der Waals surface area contributed by atoms with Gasteiger partial charge in [0.25, 0.3) is 0 Å². The predicted molar refractivity (Wildman–Crippen MR) is 201 cm³/mol. The fourth-order valence-corrected chi connectivity index (χ4v) is 8.68. The van der Waals surface area contributed by atoms with Crippen molar-refractivity contribution in [3.05, 3.63) is 41.5 Å². The zero-order valence-electron chi connectivity index (χ0n) is 33.6. The van der Waals surface area contributed by atoms with Crippen LogP contribution in [-0.2, 0) is 39.7 Å². The first-order chi connectivity index (χ1) is 24.9. The molecule has 1 aromatic carbocycles. The summed E-state index contributed by atoms with van der Waals surface area (Å²) >= 11 is 0. The Morgan fingerprint density at radius 3 is 2.45 bits per heavy atom. The maximum absolute atomic E-state index is 14.6. The maximum atomic E-state index is 14.6. The molecule has 13 nitrogen and oxygen atoms in total. The van der Waals surface area contributed by atoms with E-state index in [0.29, 0.717) is 37.1 Å². The summed E-state index contributed by atoms with van der Waals surface area (Å²) in [6, 6.07) is 6.66. The van der Waals surface area contributed by atoms with Crippen LogP contribution in [0.5, 0.6) is 0 Å². The molecule has 0 saturated carbocycles. The van der Waals surface area contributed by atoms with E-state index in [4.69, 9.17) is 29.4 Å². The number of hydrogen-bond acceptors (Lipinski definition) is 12. The quantitative estimate of drug-likeness (QED) is 0.173. The maximum Gasteiger partial charge on any atom is 0.425 e. The molecule has 3 aliphatic heterocycles. The Bertz CT molecular complexity index is 1470. The highest BCUT2D eigenvalue weighted by Crippen LogP contribution is 2.42. The lowest BCUT2D eigenvalue weighted by atomic mass is 9.74. The summed E-state index contributed by atoms with van der Waals surface area (Å²) in [7, 11) is 5.39. The number of Topliss-reactive ketones (excluding diaryl/α,β-unsaturated/α-hetero) is 1. The number of rotatable bonds is 10. The number of esters is 1. The molecule has 0 aromatic heterocycles. The van der Waals surface area contributed by atoms with Crippen molar-refractivity contribution in [2.75, 3.05) is 33.5 Å². The van der Waals surface area contributed by atoms with Crippen molar-refractivity contribution in [3.63, 3.8) is 0 Å². The molecule has 0 bridgehead atoms. The molecule has 0 unspecified atom stereocenters. The molecule has 13 heteroatoms. The number of methoxy groups -OCH3 is 1. The van der Waals surface area contributed by atoms with Crippen LogP contribution >= 0.6 is 0 Å². The van der Waals surface area contributed by atoms with E-state index in [1.54, 1.807) is 34.0 Å². The number of nitrogens with one attached hydrogen (secondary N) is 1. The molecule has 3 aliphatic rings. The van der Waals surface area contributed by atoms with Gasteiger partial charge in [-0.05, 0) is 91.6 Å². The second-order valence-corrected chi connectivity index (χ2v) is 16.1. The van der Waals surface area contributed by atoms with E-state index in [9.17, 15) is 19.5 Å². The van der Waals surface area contributed by atoms with Crippen LogP contribution in [0.25, 0.3) is 0 Å². The number of ketones is 1. The molecule has 1 amide bonds. The van der Waals surface area contributed by atoms with Gasteiger partial charge in [0, 0.05) is 48.7 Å². The normalized spacial score (nSPS) is 38.5. The van der Waals surface area contributed by atoms with Gasteiger partial charge < -0.3 is 39.4 Å². The zero-order valence-corrected chi connectivity index (χ0v) is 33.6. The minimum absolute atomic E-state index is 0.110. The number of benzene rings is 1. The Morgan fingerprint density at radius 1 is 1.13 bits per heavy atom. The number of fused-ring (bicyclic) bond motifs is 1. The molecule has 0 radical (unpaired) electrons. The van der Waals surface area contributed by atoms with Crippen molar-refractivity contribution in [2.24, 2.45) is 17.8 Å². The monoisotopic (exact) mass is 744 g/mol. The van der Waals surface area contributed by atoms with Crippen molar-refractivity contribution in [1.82, 2.24) is 15.3 Å². The first-order valence-corrected chi connectivity index (χ1v) is 19.1. The third-order valence-electron chi connectivity index (χ3n) is 11.6. The van der Waals surface area contributed by atoms with Crippen LogP contribution in [0.15, 0.2) is 35.9 Å². The van der Waals surface area contributed by atoms with Crippen molar-refractivity contribution in [3.8, 4) is 0 Å². The number of carbonyl (C=O) groups excluding carboxylic acids is 3. The lowest BCUT2D eigenvalue weighted by molar-refractivity contribution is -0.294. The number of likely N-dealkylation sites (N-methyl/N-ethyl adjacent to an activating group) is 1. The van der Waals surface area contributed by atoms with Gasteiger partial charge in [-0.1, -0.05) is 45.9 Å². The molecule has 2 fully saturated rings. The molecule has 4 N–H and O–H groups in total. The standard InChI is InChI=1S/C40H64N4O9/c1-12-31-40(8)34(44(38(48)53-40)42-18-14-16-28-15-13-17-29(41)21-28)27(6)32(45)25(4)22-39(7,49-11)35(23(2)19-24(3)36(47)51-31)52-37-33(46)30(43(9)10)20-26(5)50-37/h13,15,17,19,21,23,25-27,30-31,33-35,37,42,46H,12,14,16,18,20,22,41H2,1-11H3/b24-19+/t23-,25+,26+,27-,30-,31+,33+,34+,35+,37-,39-,40+/m0/s1. The number of hydrazine groups is 1. The van der Waals surface area contributed by atoms with Gasteiger partial charge in [-0.2, -0.15) is 0 Å². The second-order valence-electron chi connectivity index (χ2n) is 16.1. The second kappa shape index (κ2) is 17.6. The highest BCUT2D eigenvalue weighted by molar-refractivity contribution is 5.88. The van der Waals surface area contributed by atoms with E-state index < -0.39 is 71.7 Å². The number of nitrogen functional groups attached to an aromatic ring is 1. The van der Waals surface area contributed by atoms with Crippen molar-refractivity contribution in [2.45, 2.75) is 141 Å². The molecule has 12 atom stereocenters. The third kappa shape index (κ3) is 9.42. The summed E-state index contributed by atoms with van der Waals surface area (Å²) in [5, 5.41) is 12.8. The minimum Gasteiger partial charge on any atom is -0.455 e. The topological polar surface area (TPSA) is 162 Å². The Labute approximate surface area is 315 Å².